The average Bonchev–Trinajstić information content (AvgIpc) is 2.65. The third kappa shape index (κ3) is 4.25. The fraction of sp³-hybridized carbons (Fsp3) is 0.533. The average molecular weight is 281 g/mol. The van der Waals surface area contributed by atoms with E-state index in [9.17, 15) is 4.39 Å². The standard InChI is InChI=1S/C15H20FNOS/c16-14-9-11(15(17)19)7-8-12(14)10-18-13-5-3-1-2-4-6-13/h7-9,13H,1-6,10H2,(H2,17,19). The van der Waals surface area contributed by atoms with E-state index in [4.69, 9.17) is 22.7 Å². The van der Waals surface area contributed by atoms with Crippen molar-refractivity contribution in [2.24, 2.45) is 5.73 Å². The van der Waals surface area contributed by atoms with Gasteiger partial charge in [-0.1, -0.05) is 50.0 Å². The highest BCUT2D eigenvalue weighted by molar-refractivity contribution is 7.80. The number of hydrogen-bond donors (Lipinski definition) is 1. The number of benzene rings is 1. The number of rotatable bonds is 4. The number of halogens is 1. The molecular formula is C15H20FNOS. The van der Waals surface area contributed by atoms with Crippen molar-refractivity contribution < 1.29 is 9.13 Å². The van der Waals surface area contributed by atoms with Crippen LogP contribution in [0.25, 0.3) is 0 Å². The summed E-state index contributed by atoms with van der Waals surface area (Å²) in [5.74, 6) is -0.293. The molecule has 1 aliphatic rings. The van der Waals surface area contributed by atoms with Crippen LogP contribution in [-0.2, 0) is 11.3 Å². The van der Waals surface area contributed by atoms with Crippen LogP contribution in [-0.4, -0.2) is 11.1 Å². The summed E-state index contributed by atoms with van der Waals surface area (Å²) in [6, 6.07) is 4.84. The molecule has 1 aromatic rings. The second-order valence-electron chi connectivity index (χ2n) is 5.10. The highest BCUT2D eigenvalue weighted by atomic mass is 32.1. The zero-order chi connectivity index (χ0) is 13.7. The molecule has 0 unspecified atom stereocenters. The van der Waals surface area contributed by atoms with Crippen molar-refractivity contribution >= 4 is 17.2 Å². The molecule has 0 aliphatic heterocycles. The van der Waals surface area contributed by atoms with Crippen molar-refractivity contribution in [2.45, 2.75) is 51.2 Å². The fourth-order valence-electron chi connectivity index (χ4n) is 2.43. The first-order chi connectivity index (χ1) is 9.16. The van der Waals surface area contributed by atoms with Gasteiger partial charge >= 0.3 is 0 Å². The van der Waals surface area contributed by atoms with Crippen molar-refractivity contribution in [3.63, 3.8) is 0 Å². The molecule has 0 bridgehead atoms. The molecule has 0 atom stereocenters. The van der Waals surface area contributed by atoms with Gasteiger partial charge in [-0.25, -0.2) is 4.39 Å². The van der Waals surface area contributed by atoms with Crippen LogP contribution in [0.1, 0.15) is 49.7 Å². The smallest absolute Gasteiger partial charge is 0.129 e. The Kier molecular flexibility index (Phi) is 5.28. The Bertz CT molecular complexity index is 442. The van der Waals surface area contributed by atoms with Gasteiger partial charge < -0.3 is 10.5 Å². The third-order valence-electron chi connectivity index (χ3n) is 3.61. The SMILES string of the molecule is NC(=S)c1ccc(COC2CCCCCC2)c(F)c1. The molecule has 4 heteroatoms. The van der Waals surface area contributed by atoms with Gasteiger partial charge in [0, 0.05) is 11.1 Å². The van der Waals surface area contributed by atoms with Gasteiger partial charge in [0.25, 0.3) is 0 Å². The van der Waals surface area contributed by atoms with Crippen LogP contribution in [0.5, 0.6) is 0 Å². The minimum absolute atomic E-state index is 0.218. The van der Waals surface area contributed by atoms with Crippen LogP contribution < -0.4 is 5.73 Å². The van der Waals surface area contributed by atoms with Gasteiger partial charge in [0.2, 0.25) is 0 Å². The van der Waals surface area contributed by atoms with Gasteiger partial charge in [-0.2, -0.15) is 0 Å². The summed E-state index contributed by atoms with van der Waals surface area (Å²) in [7, 11) is 0. The zero-order valence-electron chi connectivity index (χ0n) is 11.0. The van der Waals surface area contributed by atoms with E-state index < -0.39 is 0 Å². The molecule has 1 saturated carbocycles. The predicted molar refractivity (Wildman–Crippen MR) is 78.6 cm³/mol. The van der Waals surface area contributed by atoms with E-state index in [1.165, 1.54) is 31.7 Å². The number of hydrogen-bond acceptors (Lipinski definition) is 2. The molecule has 0 aromatic heterocycles. The fourth-order valence-corrected chi connectivity index (χ4v) is 2.56. The Balaban J connectivity index is 1.93. The van der Waals surface area contributed by atoms with E-state index >= 15 is 0 Å². The van der Waals surface area contributed by atoms with Gasteiger partial charge in [0.15, 0.2) is 0 Å². The molecule has 104 valence electrons. The summed E-state index contributed by atoms with van der Waals surface area (Å²) in [5, 5.41) is 0. The molecule has 0 saturated heterocycles. The second kappa shape index (κ2) is 6.96. The monoisotopic (exact) mass is 281 g/mol. The predicted octanol–water partition coefficient (Wildman–Crippen LogP) is 3.70. The second-order valence-corrected chi connectivity index (χ2v) is 5.53. The molecular weight excluding hydrogens is 261 g/mol. The van der Waals surface area contributed by atoms with E-state index in [1.807, 2.05) is 0 Å². The Labute approximate surface area is 119 Å². The lowest BCUT2D eigenvalue weighted by molar-refractivity contribution is 0.0295. The maximum atomic E-state index is 13.8. The molecule has 0 radical (unpaired) electrons. The third-order valence-corrected chi connectivity index (χ3v) is 3.85. The van der Waals surface area contributed by atoms with Gasteiger partial charge in [0.05, 0.1) is 12.7 Å². The molecule has 2 N–H and O–H groups in total. The Morgan fingerprint density at radius 3 is 2.53 bits per heavy atom. The van der Waals surface area contributed by atoms with Crippen molar-refractivity contribution in [2.75, 3.05) is 0 Å². The van der Waals surface area contributed by atoms with Gasteiger partial charge in [-0.05, 0) is 18.9 Å². The summed E-state index contributed by atoms with van der Waals surface area (Å²) in [4.78, 5) is 0.218. The van der Waals surface area contributed by atoms with E-state index in [0.29, 0.717) is 17.7 Å². The Hall–Kier alpha value is -1.00. The molecule has 2 nitrogen and oxygen atoms in total. The molecule has 2 rings (SSSR count). The van der Waals surface area contributed by atoms with Crippen molar-refractivity contribution in [3.05, 3.63) is 35.1 Å². The summed E-state index contributed by atoms with van der Waals surface area (Å²) in [5.41, 5.74) is 6.61. The summed E-state index contributed by atoms with van der Waals surface area (Å²) >= 11 is 4.83. The summed E-state index contributed by atoms with van der Waals surface area (Å²) in [6.45, 7) is 0.327. The summed E-state index contributed by atoms with van der Waals surface area (Å²) in [6.07, 6.45) is 7.46. The maximum absolute atomic E-state index is 13.8. The molecule has 19 heavy (non-hydrogen) atoms. The van der Waals surface area contributed by atoms with Gasteiger partial charge in [-0.3, -0.25) is 0 Å². The molecule has 1 fully saturated rings. The Morgan fingerprint density at radius 2 is 1.95 bits per heavy atom. The molecule has 0 amide bonds. The van der Waals surface area contributed by atoms with E-state index in [0.717, 1.165) is 12.8 Å². The van der Waals surface area contributed by atoms with Crippen molar-refractivity contribution in [1.29, 1.82) is 0 Å². The van der Waals surface area contributed by atoms with Crippen LogP contribution in [0.4, 0.5) is 4.39 Å². The highest BCUT2D eigenvalue weighted by Gasteiger charge is 2.14. The highest BCUT2D eigenvalue weighted by Crippen LogP contribution is 2.21. The lowest BCUT2D eigenvalue weighted by atomic mass is 10.1. The van der Waals surface area contributed by atoms with Crippen LogP contribution >= 0.6 is 12.2 Å². The maximum Gasteiger partial charge on any atom is 0.129 e. The van der Waals surface area contributed by atoms with Crippen molar-refractivity contribution in [1.82, 2.24) is 0 Å². The first-order valence-corrected chi connectivity index (χ1v) is 7.27. The molecule has 1 aromatic carbocycles. The largest absolute Gasteiger partial charge is 0.389 e. The first kappa shape index (κ1) is 14.4. The van der Waals surface area contributed by atoms with Crippen LogP contribution in [0.2, 0.25) is 0 Å². The topological polar surface area (TPSA) is 35.2 Å². The number of nitrogens with two attached hydrogens (primary N) is 1. The quantitative estimate of drug-likeness (QED) is 0.675. The van der Waals surface area contributed by atoms with Crippen LogP contribution in [0.3, 0.4) is 0 Å². The van der Waals surface area contributed by atoms with E-state index in [1.54, 1.807) is 12.1 Å². The van der Waals surface area contributed by atoms with Crippen LogP contribution in [0, 0.1) is 5.82 Å². The Morgan fingerprint density at radius 1 is 1.26 bits per heavy atom. The van der Waals surface area contributed by atoms with Crippen molar-refractivity contribution in [3.8, 4) is 0 Å². The summed E-state index contributed by atoms with van der Waals surface area (Å²) < 4.78 is 19.7. The zero-order valence-corrected chi connectivity index (χ0v) is 11.8. The molecule has 1 aliphatic carbocycles. The number of ether oxygens (including phenoxy) is 1. The van der Waals surface area contributed by atoms with E-state index in [2.05, 4.69) is 0 Å². The first-order valence-electron chi connectivity index (χ1n) is 6.86. The molecule has 0 spiro atoms. The molecule has 0 heterocycles. The van der Waals surface area contributed by atoms with Gasteiger partial charge in [0.1, 0.15) is 10.8 Å². The van der Waals surface area contributed by atoms with E-state index in [-0.39, 0.29) is 16.9 Å². The minimum Gasteiger partial charge on any atom is -0.389 e. The minimum atomic E-state index is -0.293. The number of thiocarbonyl (C=S) groups is 1. The normalized spacial score (nSPS) is 17.1. The lowest BCUT2D eigenvalue weighted by Gasteiger charge is -2.15. The van der Waals surface area contributed by atoms with Gasteiger partial charge in [-0.15, -0.1) is 0 Å². The van der Waals surface area contributed by atoms with Crippen LogP contribution in [0.15, 0.2) is 18.2 Å². The lowest BCUT2D eigenvalue weighted by Crippen LogP contribution is -2.13.